The van der Waals surface area contributed by atoms with Gasteiger partial charge in [-0.2, -0.15) is 0 Å². The van der Waals surface area contributed by atoms with Gasteiger partial charge in [0.25, 0.3) is 0 Å². The van der Waals surface area contributed by atoms with Gasteiger partial charge >= 0.3 is 12.1 Å². The molecule has 0 fully saturated rings. The average Bonchev–Trinajstić information content (AvgIpc) is 3.16. The van der Waals surface area contributed by atoms with Crippen LogP contribution in [-0.2, 0) is 19.8 Å². The molecule has 1 atom stereocenters. The van der Waals surface area contributed by atoms with Gasteiger partial charge in [-0.1, -0.05) is 36.7 Å². The number of fused-ring (bicyclic) bond motifs is 1. The Balaban J connectivity index is 2.12. The predicted molar refractivity (Wildman–Crippen MR) is 141 cm³/mol. The Morgan fingerprint density at radius 3 is 2.11 bits per heavy atom. The first-order valence-corrected chi connectivity index (χ1v) is 12.2. The molecular formula is C28H35ClN2O4. The van der Waals surface area contributed by atoms with Crippen LogP contribution in [0.5, 0.6) is 0 Å². The first-order valence-electron chi connectivity index (χ1n) is 11.8. The predicted octanol–water partition coefficient (Wildman–Crippen LogP) is 7.53. The number of nitrogens with one attached hydrogen (secondary N) is 1. The molecule has 1 amide bonds. The molecule has 2 aromatic carbocycles. The molecule has 3 aromatic rings. The fourth-order valence-corrected chi connectivity index (χ4v) is 4.39. The summed E-state index contributed by atoms with van der Waals surface area (Å²) in [6, 6.07) is 15.2. The van der Waals surface area contributed by atoms with Crippen molar-refractivity contribution in [2.24, 2.45) is 0 Å². The second-order valence-electron chi connectivity index (χ2n) is 10.7. The molecule has 3 rings (SSSR count). The van der Waals surface area contributed by atoms with Gasteiger partial charge in [-0.25, -0.2) is 4.79 Å². The Hall–Kier alpha value is -2.99. The van der Waals surface area contributed by atoms with E-state index in [4.69, 9.17) is 21.1 Å². The highest BCUT2D eigenvalue weighted by atomic mass is 35.5. The van der Waals surface area contributed by atoms with Crippen LogP contribution in [0.25, 0.3) is 10.9 Å². The van der Waals surface area contributed by atoms with Crippen LogP contribution in [-0.4, -0.2) is 27.8 Å². The van der Waals surface area contributed by atoms with E-state index < -0.39 is 22.8 Å². The lowest BCUT2D eigenvalue weighted by atomic mass is 9.83. The number of halogens is 1. The summed E-state index contributed by atoms with van der Waals surface area (Å²) in [5, 5.41) is 4.32. The van der Waals surface area contributed by atoms with Crippen molar-refractivity contribution in [3.05, 3.63) is 65.3 Å². The number of carbonyl (C=O) groups is 2. The third-order valence-electron chi connectivity index (χ3n) is 5.65. The molecule has 188 valence electrons. The van der Waals surface area contributed by atoms with Crippen molar-refractivity contribution in [3.8, 4) is 0 Å². The molecule has 0 saturated carbocycles. The SMILES string of the molecule is CCC(CC(=O)OC(C)(C)C)(c1ccc(Cl)cc1)n1ccc2c(NC(=O)OC(C)(C)C)cccc21. The standard InChI is InChI=1S/C28H35ClN2O4/c1-8-28(18-24(32)34-26(2,3)4,19-12-14-20(29)15-13-19)31-17-16-21-22(10-9-11-23(21)31)30-25(33)35-27(5,6)7/h9-17H,8,18H2,1-7H3,(H,30,33). The molecule has 0 aliphatic carbocycles. The van der Waals surface area contributed by atoms with Crippen LogP contribution >= 0.6 is 11.6 Å². The number of aromatic nitrogens is 1. The summed E-state index contributed by atoms with van der Waals surface area (Å²) in [6.45, 7) is 13.1. The van der Waals surface area contributed by atoms with Crippen LogP contribution in [0.3, 0.4) is 0 Å². The summed E-state index contributed by atoms with van der Waals surface area (Å²) in [5.74, 6) is -0.292. The number of benzene rings is 2. The van der Waals surface area contributed by atoms with E-state index in [0.717, 1.165) is 16.5 Å². The van der Waals surface area contributed by atoms with Gasteiger partial charge in [0.05, 0.1) is 23.2 Å². The monoisotopic (exact) mass is 498 g/mol. The number of anilines is 1. The van der Waals surface area contributed by atoms with Crippen molar-refractivity contribution >= 4 is 40.3 Å². The van der Waals surface area contributed by atoms with E-state index in [2.05, 4.69) is 9.88 Å². The molecule has 1 unspecified atom stereocenters. The van der Waals surface area contributed by atoms with Crippen LogP contribution in [0.2, 0.25) is 5.02 Å². The molecule has 6 nitrogen and oxygen atoms in total. The van der Waals surface area contributed by atoms with Crippen LogP contribution in [0.15, 0.2) is 54.7 Å². The minimum absolute atomic E-state index is 0.135. The fourth-order valence-electron chi connectivity index (χ4n) is 4.27. The minimum atomic E-state index is -0.723. The number of ether oxygens (including phenoxy) is 2. The van der Waals surface area contributed by atoms with E-state index in [9.17, 15) is 9.59 Å². The number of rotatable bonds is 6. The summed E-state index contributed by atoms with van der Waals surface area (Å²) in [7, 11) is 0. The van der Waals surface area contributed by atoms with Crippen molar-refractivity contribution in [1.82, 2.24) is 4.57 Å². The van der Waals surface area contributed by atoms with Gasteiger partial charge in [0.2, 0.25) is 0 Å². The van der Waals surface area contributed by atoms with E-state index in [1.165, 1.54) is 0 Å². The van der Waals surface area contributed by atoms with Gasteiger partial charge in [0.15, 0.2) is 0 Å². The number of nitrogens with zero attached hydrogens (tertiary/aromatic N) is 1. The summed E-state index contributed by atoms with van der Waals surface area (Å²) >= 11 is 6.18. The van der Waals surface area contributed by atoms with Gasteiger partial charge in [-0.3, -0.25) is 10.1 Å². The maximum Gasteiger partial charge on any atom is 0.412 e. The van der Waals surface area contributed by atoms with Crippen LogP contribution < -0.4 is 5.32 Å². The minimum Gasteiger partial charge on any atom is -0.460 e. The van der Waals surface area contributed by atoms with Crippen LogP contribution in [0.1, 0.15) is 66.9 Å². The molecule has 1 heterocycles. The number of hydrogen-bond donors (Lipinski definition) is 1. The first-order chi connectivity index (χ1) is 16.2. The van der Waals surface area contributed by atoms with E-state index in [1.54, 1.807) is 0 Å². The van der Waals surface area contributed by atoms with Gasteiger partial charge in [-0.05, 0) is 83.9 Å². The Morgan fingerprint density at radius 1 is 0.914 bits per heavy atom. The maximum atomic E-state index is 13.1. The van der Waals surface area contributed by atoms with E-state index in [0.29, 0.717) is 17.1 Å². The molecule has 35 heavy (non-hydrogen) atoms. The van der Waals surface area contributed by atoms with Crippen molar-refractivity contribution in [2.45, 2.75) is 78.0 Å². The van der Waals surface area contributed by atoms with Gasteiger partial charge in [0.1, 0.15) is 11.2 Å². The lowest BCUT2D eigenvalue weighted by molar-refractivity contribution is -0.156. The van der Waals surface area contributed by atoms with Gasteiger partial charge in [0, 0.05) is 16.6 Å². The largest absolute Gasteiger partial charge is 0.460 e. The fraction of sp³-hybridized carbons (Fsp3) is 0.429. The van der Waals surface area contributed by atoms with Gasteiger partial charge in [-0.15, -0.1) is 0 Å². The Morgan fingerprint density at radius 2 is 1.54 bits per heavy atom. The summed E-state index contributed by atoms with van der Waals surface area (Å²) in [5.41, 5.74) is 0.522. The molecule has 0 radical (unpaired) electrons. The summed E-state index contributed by atoms with van der Waals surface area (Å²) in [6.07, 6.45) is 2.19. The quantitative estimate of drug-likeness (QED) is 0.356. The second-order valence-corrected chi connectivity index (χ2v) is 11.1. The van der Waals surface area contributed by atoms with E-state index >= 15 is 0 Å². The normalized spacial score (nSPS) is 13.8. The average molecular weight is 499 g/mol. The molecule has 0 aliphatic heterocycles. The molecule has 0 aliphatic rings. The highest BCUT2D eigenvalue weighted by molar-refractivity contribution is 6.30. The van der Waals surface area contributed by atoms with E-state index in [1.807, 2.05) is 103 Å². The zero-order chi connectivity index (χ0) is 26.0. The highest BCUT2D eigenvalue weighted by Gasteiger charge is 2.37. The summed E-state index contributed by atoms with van der Waals surface area (Å²) in [4.78, 5) is 25.6. The molecule has 1 N–H and O–H groups in total. The van der Waals surface area contributed by atoms with Gasteiger partial charge < -0.3 is 14.0 Å². The molecular weight excluding hydrogens is 464 g/mol. The lowest BCUT2D eigenvalue weighted by Crippen LogP contribution is -2.38. The Labute approximate surface area is 212 Å². The molecule has 7 heteroatoms. The third kappa shape index (κ3) is 6.37. The maximum absolute atomic E-state index is 13.1. The van der Waals surface area contributed by atoms with Crippen LogP contribution in [0.4, 0.5) is 10.5 Å². The zero-order valence-electron chi connectivity index (χ0n) is 21.6. The number of carbonyl (C=O) groups excluding carboxylic acids is 2. The Bertz CT molecular complexity index is 1200. The topological polar surface area (TPSA) is 69.6 Å². The van der Waals surface area contributed by atoms with Crippen molar-refractivity contribution in [1.29, 1.82) is 0 Å². The second kappa shape index (κ2) is 9.94. The van der Waals surface area contributed by atoms with Crippen molar-refractivity contribution < 1.29 is 19.1 Å². The number of esters is 1. The summed E-state index contributed by atoms with van der Waals surface area (Å²) < 4.78 is 13.2. The molecule has 1 aromatic heterocycles. The van der Waals surface area contributed by atoms with Crippen molar-refractivity contribution in [3.63, 3.8) is 0 Å². The number of hydrogen-bond acceptors (Lipinski definition) is 4. The van der Waals surface area contributed by atoms with Crippen molar-refractivity contribution in [2.75, 3.05) is 5.32 Å². The lowest BCUT2D eigenvalue weighted by Gasteiger charge is -2.36. The first kappa shape index (κ1) is 26.6. The third-order valence-corrected chi connectivity index (χ3v) is 5.90. The van der Waals surface area contributed by atoms with E-state index in [-0.39, 0.29) is 12.4 Å². The zero-order valence-corrected chi connectivity index (χ0v) is 22.3. The molecule has 0 saturated heterocycles. The number of amides is 1. The molecule has 0 bridgehead atoms. The Kier molecular flexibility index (Phi) is 7.56. The highest BCUT2D eigenvalue weighted by Crippen LogP contribution is 2.39. The smallest absolute Gasteiger partial charge is 0.412 e. The van der Waals surface area contributed by atoms with Crippen LogP contribution in [0, 0.1) is 0 Å². The molecule has 0 spiro atoms.